The van der Waals surface area contributed by atoms with Crippen LogP contribution in [0.25, 0.3) is 0 Å². The van der Waals surface area contributed by atoms with Gasteiger partial charge in [-0.1, -0.05) is 42.3 Å². The molecule has 4 rings (SSSR count). The summed E-state index contributed by atoms with van der Waals surface area (Å²) in [5, 5.41) is 3.01. The number of nitrogens with zero attached hydrogens (tertiary/aromatic N) is 2. The first-order chi connectivity index (χ1) is 15.1. The maximum atomic E-state index is 12.8. The van der Waals surface area contributed by atoms with Crippen molar-refractivity contribution in [3.8, 4) is 0 Å². The molecule has 0 spiro atoms. The van der Waals surface area contributed by atoms with E-state index in [4.69, 9.17) is 0 Å². The molecule has 0 saturated carbocycles. The average Bonchev–Trinajstić information content (AvgIpc) is 3.02. The molecule has 1 aromatic rings. The van der Waals surface area contributed by atoms with Gasteiger partial charge in [0.15, 0.2) is 0 Å². The Morgan fingerprint density at radius 3 is 2.71 bits per heavy atom. The van der Waals surface area contributed by atoms with Gasteiger partial charge < -0.3 is 10.2 Å². The SMILES string of the molecule is O=C(CCCCCN1C(=O)C2Cc3ccccc3CN2C1=O)NCCC1=CCCCC1. The lowest BCUT2D eigenvalue weighted by atomic mass is 9.95. The number of urea groups is 1. The monoisotopic (exact) mass is 423 g/mol. The first-order valence-electron chi connectivity index (χ1n) is 11.8. The molecule has 0 aromatic heterocycles. The highest BCUT2D eigenvalue weighted by Gasteiger charge is 2.46. The Balaban J connectivity index is 1.14. The number of carbonyl (C=O) groups is 3. The number of fused-ring (bicyclic) bond motifs is 2. The van der Waals surface area contributed by atoms with Gasteiger partial charge in [0.1, 0.15) is 6.04 Å². The predicted octanol–water partition coefficient (Wildman–Crippen LogP) is 3.94. The number of nitrogens with one attached hydrogen (secondary N) is 1. The summed E-state index contributed by atoms with van der Waals surface area (Å²) in [5.41, 5.74) is 3.77. The summed E-state index contributed by atoms with van der Waals surface area (Å²) in [5.74, 6) is 0.0221. The Kier molecular flexibility index (Phi) is 7.05. The van der Waals surface area contributed by atoms with Crippen LogP contribution in [0, 0.1) is 0 Å². The Hall–Kier alpha value is -2.63. The van der Waals surface area contributed by atoms with E-state index in [1.54, 1.807) is 4.90 Å². The Labute approximate surface area is 184 Å². The summed E-state index contributed by atoms with van der Waals surface area (Å²) in [4.78, 5) is 40.7. The molecule has 1 aromatic carbocycles. The predicted molar refractivity (Wildman–Crippen MR) is 119 cm³/mol. The molecule has 2 aliphatic heterocycles. The normalized spacial score (nSPS) is 20.4. The molecule has 1 unspecified atom stereocenters. The highest BCUT2D eigenvalue weighted by atomic mass is 16.2. The van der Waals surface area contributed by atoms with Crippen LogP contribution in [0.15, 0.2) is 35.9 Å². The van der Waals surface area contributed by atoms with Crippen molar-refractivity contribution >= 4 is 17.8 Å². The van der Waals surface area contributed by atoms with Crippen molar-refractivity contribution in [3.63, 3.8) is 0 Å². The van der Waals surface area contributed by atoms with Gasteiger partial charge in [0.05, 0.1) is 0 Å². The number of imide groups is 1. The topological polar surface area (TPSA) is 69.7 Å². The maximum Gasteiger partial charge on any atom is 0.327 e. The minimum absolute atomic E-state index is 0.0748. The number of rotatable bonds is 9. The van der Waals surface area contributed by atoms with Crippen LogP contribution in [0.2, 0.25) is 0 Å². The van der Waals surface area contributed by atoms with Crippen LogP contribution >= 0.6 is 0 Å². The number of hydrogen-bond acceptors (Lipinski definition) is 3. The molecule has 0 radical (unpaired) electrons. The maximum absolute atomic E-state index is 12.8. The summed E-state index contributed by atoms with van der Waals surface area (Å²) >= 11 is 0. The van der Waals surface area contributed by atoms with Gasteiger partial charge in [-0.15, -0.1) is 0 Å². The van der Waals surface area contributed by atoms with Crippen molar-refractivity contribution < 1.29 is 14.4 Å². The Bertz CT molecular complexity index is 820. The quantitative estimate of drug-likeness (QED) is 0.372. The molecular weight excluding hydrogens is 390 g/mol. The van der Waals surface area contributed by atoms with Crippen LogP contribution in [-0.4, -0.2) is 46.8 Å². The lowest BCUT2D eigenvalue weighted by Crippen LogP contribution is -2.39. The number of benzene rings is 1. The second kappa shape index (κ2) is 10.1. The summed E-state index contributed by atoms with van der Waals surface area (Å²) in [6.07, 6.45) is 11.7. The molecule has 2 heterocycles. The lowest BCUT2D eigenvalue weighted by Gasteiger charge is -2.28. The highest BCUT2D eigenvalue weighted by Crippen LogP contribution is 2.30. The summed E-state index contributed by atoms with van der Waals surface area (Å²) < 4.78 is 0. The zero-order valence-electron chi connectivity index (χ0n) is 18.3. The average molecular weight is 424 g/mol. The van der Waals surface area contributed by atoms with Crippen LogP contribution in [0.5, 0.6) is 0 Å². The molecule has 6 heteroatoms. The molecule has 166 valence electrons. The van der Waals surface area contributed by atoms with Gasteiger partial charge in [-0.3, -0.25) is 14.5 Å². The molecule has 1 aliphatic carbocycles. The van der Waals surface area contributed by atoms with E-state index in [0.717, 1.165) is 43.4 Å². The van der Waals surface area contributed by atoms with Crippen LogP contribution in [0.3, 0.4) is 0 Å². The first kappa shape index (κ1) is 21.6. The van der Waals surface area contributed by atoms with Crippen LogP contribution in [0.1, 0.15) is 68.9 Å². The summed E-state index contributed by atoms with van der Waals surface area (Å²) in [7, 11) is 0. The molecule has 1 N–H and O–H groups in total. The summed E-state index contributed by atoms with van der Waals surface area (Å²) in [6.45, 7) is 1.68. The molecule has 1 saturated heterocycles. The minimum Gasteiger partial charge on any atom is -0.356 e. The van der Waals surface area contributed by atoms with Gasteiger partial charge in [0.2, 0.25) is 5.91 Å². The molecule has 1 atom stereocenters. The van der Waals surface area contributed by atoms with Crippen molar-refractivity contribution in [1.82, 2.24) is 15.1 Å². The van der Waals surface area contributed by atoms with Gasteiger partial charge in [-0.2, -0.15) is 0 Å². The zero-order chi connectivity index (χ0) is 21.6. The third-order valence-electron chi connectivity index (χ3n) is 6.72. The standard InChI is InChI=1S/C25H33N3O3/c29-23(26-15-14-19-9-3-1-4-10-19)13-5-2-8-16-27-24(30)22-17-20-11-6-7-12-21(20)18-28(22)25(27)31/h6-7,9,11-12,22H,1-5,8,10,13-18H2,(H,26,29). The second-order valence-electron chi connectivity index (χ2n) is 8.91. The van der Waals surface area contributed by atoms with E-state index in [-0.39, 0.29) is 23.9 Å². The first-order valence-corrected chi connectivity index (χ1v) is 11.8. The summed E-state index contributed by atoms with van der Waals surface area (Å²) in [6, 6.07) is 7.51. The molecule has 4 amide bonds. The molecule has 3 aliphatic rings. The van der Waals surface area contributed by atoms with Crippen molar-refractivity contribution in [2.45, 2.75) is 76.8 Å². The van der Waals surface area contributed by atoms with Gasteiger partial charge in [0.25, 0.3) is 5.91 Å². The van der Waals surface area contributed by atoms with Crippen LogP contribution in [-0.2, 0) is 22.6 Å². The number of hydrogen-bond donors (Lipinski definition) is 1. The molecule has 1 fully saturated rings. The van der Waals surface area contributed by atoms with Gasteiger partial charge in [0, 0.05) is 32.5 Å². The van der Waals surface area contributed by atoms with Crippen LogP contribution in [0.4, 0.5) is 4.79 Å². The lowest BCUT2D eigenvalue weighted by molar-refractivity contribution is -0.128. The van der Waals surface area contributed by atoms with E-state index in [0.29, 0.717) is 25.9 Å². The number of carbonyl (C=O) groups excluding carboxylic acids is 3. The molecular formula is C25H33N3O3. The third kappa shape index (κ3) is 5.17. The molecule has 6 nitrogen and oxygen atoms in total. The molecule has 0 bridgehead atoms. The Morgan fingerprint density at radius 1 is 1.06 bits per heavy atom. The second-order valence-corrected chi connectivity index (χ2v) is 8.91. The van der Waals surface area contributed by atoms with E-state index >= 15 is 0 Å². The number of allylic oxidation sites excluding steroid dienone is 1. The van der Waals surface area contributed by atoms with Crippen molar-refractivity contribution in [3.05, 3.63) is 47.0 Å². The highest BCUT2D eigenvalue weighted by molar-refractivity contribution is 6.04. The van der Waals surface area contributed by atoms with Crippen molar-refractivity contribution in [2.75, 3.05) is 13.1 Å². The van der Waals surface area contributed by atoms with Gasteiger partial charge >= 0.3 is 6.03 Å². The van der Waals surface area contributed by atoms with E-state index < -0.39 is 0 Å². The number of unbranched alkanes of at least 4 members (excludes halogenated alkanes) is 2. The van der Waals surface area contributed by atoms with Crippen molar-refractivity contribution in [1.29, 1.82) is 0 Å². The zero-order valence-corrected chi connectivity index (χ0v) is 18.3. The minimum atomic E-state index is -0.354. The van der Waals surface area contributed by atoms with E-state index in [1.165, 1.54) is 36.2 Å². The van der Waals surface area contributed by atoms with E-state index in [9.17, 15) is 14.4 Å². The number of amides is 4. The smallest absolute Gasteiger partial charge is 0.327 e. The largest absolute Gasteiger partial charge is 0.356 e. The molecule has 31 heavy (non-hydrogen) atoms. The fourth-order valence-corrected chi connectivity index (χ4v) is 4.89. The fourth-order valence-electron chi connectivity index (χ4n) is 4.89. The van der Waals surface area contributed by atoms with E-state index in [2.05, 4.69) is 11.4 Å². The van der Waals surface area contributed by atoms with Gasteiger partial charge in [-0.05, 0) is 56.1 Å². The third-order valence-corrected chi connectivity index (χ3v) is 6.72. The van der Waals surface area contributed by atoms with Crippen molar-refractivity contribution in [2.24, 2.45) is 0 Å². The van der Waals surface area contributed by atoms with Crippen LogP contribution < -0.4 is 5.32 Å². The Morgan fingerprint density at radius 2 is 1.90 bits per heavy atom. The fraction of sp³-hybridized carbons (Fsp3) is 0.560. The van der Waals surface area contributed by atoms with Gasteiger partial charge in [-0.25, -0.2) is 4.79 Å². The van der Waals surface area contributed by atoms with E-state index in [1.807, 2.05) is 24.3 Å².